The van der Waals surface area contributed by atoms with Gasteiger partial charge in [-0.25, -0.2) is 0 Å². The van der Waals surface area contributed by atoms with E-state index < -0.39 is 0 Å². The summed E-state index contributed by atoms with van der Waals surface area (Å²) in [5, 5.41) is 0. The summed E-state index contributed by atoms with van der Waals surface area (Å²) in [6.07, 6.45) is 4.59. The molecular formula is C4H8N3+. The van der Waals surface area contributed by atoms with E-state index in [0.29, 0.717) is 0 Å². The molecule has 1 heterocycles. The minimum Gasteiger partial charge on any atom is -0.254 e. The molecule has 0 aliphatic carbocycles. The lowest BCUT2D eigenvalue weighted by atomic mass is 11.1. The summed E-state index contributed by atoms with van der Waals surface area (Å²) in [6, 6.07) is 0. The van der Waals surface area contributed by atoms with Crippen molar-refractivity contribution in [3.05, 3.63) is 19.0 Å². The average Bonchev–Trinajstić information content (AvgIpc) is 1.72. The standard InChI is InChI=1S/C3H3N3.CH4/c1-4-2-6-3-5-1;/h1-3H;1H4/p+1. The van der Waals surface area contributed by atoms with E-state index >= 15 is 0 Å². The molecule has 0 fully saturated rings. The molecule has 0 unspecified atom stereocenters. The number of nitrogens with zero attached hydrogens (tertiary/aromatic N) is 2. The molecule has 1 rings (SSSR count). The van der Waals surface area contributed by atoms with Crippen LogP contribution in [-0.4, -0.2) is 9.97 Å². The second kappa shape index (κ2) is 3.21. The zero-order valence-electron chi connectivity index (χ0n) is 3.13. The lowest BCUT2D eigenvalue weighted by molar-refractivity contribution is -0.387. The number of hydrogen-bond acceptors (Lipinski definition) is 2. The topological polar surface area (TPSA) is 39.9 Å². The van der Waals surface area contributed by atoms with E-state index in [2.05, 4.69) is 15.0 Å². The van der Waals surface area contributed by atoms with Crippen LogP contribution in [0.25, 0.3) is 0 Å². The molecule has 0 aromatic carbocycles. The molecule has 0 aliphatic rings. The fourth-order valence-corrected chi connectivity index (χ4v) is 0.225. The van der Waals surface area contributed by atoms with E-state index in [1.807, 2.05) is 0 Å². The van der Waals surface area contributed by atoms with Gasteiger partial charge in [0.1, 0.15) is 0 Å². The molecule has 1 aromatic rings. The Morgan fingerprint density at radius 3 is 1.86 bits per heavy atom. The molecular weight excluding hydrogens is 90.1 g/mol. The minimum atomic E-state index is 0. The predicted molar refractivity (Wildman–Crippen MR) is 25.3 cm³/mol. The van der Waals surface area contributed by atoms with Crippen LogP contribution in [0.2, 0.25) is 0 Å². The highest BCUT2D eigenvalue weighted by atomic mass is 14.9. The van der Waals surface area contributed by atoms with E-state index in [9.17, 15) is 0 Å². The largest absolute Gasteiger partial charge is 0.263 e. The number of rotatable bonds is 0. The van der Waals surface area contributed by atoms with E-state index in [0.717, 1.165) is 0 Å². The Hall–Kier alpha value is -0.990. The Kier molecular flexibility index (Phi) is 2.76. The van der Waals surface area contributed by atoms with Crippen LogP contribution in [0.5, 0.6) is 0 Å². The molecule has 0 saturated heterocycles. The van der Waals surface area contributed by atoms with Gasteiger partial charge in [-0.2, -0.15) is 0 Å². The van der Waals surface area contributed by atoms with Crippen LogP contribution in [0.4, 0.5) is 0 Å². The Morgan fingerprint density at radius 2 is 1.71 bits per heavy atom. The number of aromatic amines is 1. The summed E-state index contributed by atoms with van der Waals surface area (Å²) in [7, 11) is 0. The van der Waals surface area contributed by atoms with Gasteiger partial charge in [-0.1, -0.05) is 17.4 Å². The van der Waals surface area contributed by atoms with Gasteiger partial charge in [0.2, 0.25) is 12.7 Å². The van der Waals surface area contributed by atoms with Crippen molar-refractivity contribution in [2.45, 2.75) is 7.43 Å². The Bertz CT molecular complexity index is 78.9. The van der Waals surface area contributed by atoms with Gasteiger partial charge >= 0.3 is 0 Å². The van der Waals surface area contributed by atoms with Crippen molar-refractivity contribution in [2.24, 2.45) is 0 Å². The zero-order chi connectivity index (χ0) is 4.24. The Balaban J connectivity index is 0.000000360. The first-order valence-electron chi connectivity index (χ1n) is 1.61. The normalized spacial score (nSPS) is 6.86. The molecule has 0 bridgehead atoms. The SMILES string of the molecule is C.c1nc[nH+]cn1. The lowest BCUT2D eigenvalue weighted by Crippen LogP contribution is -1.99. The summed E-state index contributed by atoms with van der Waals surface area (Å²) in [5.74, 6) is 0. The maximum atomic E-state index is 3.62. The van der Waals surface area contributed by atoms with Crippen molar-refractivity contribution in [2.75, 3.05) is 0 Å². The maximum Gasteiger partial charge on any atom is 0.263 e. The van der Waals surface area contributed by atoms with Gasteiger partial charge in [-0.3, -0.25) is 4.98 Å². The van der Waals surface area contributed by atoms with Crippen molar-refractivity contribution >= 4 is 0 Å². The van der Waals surface area contributed by atoms with Crippen molar-refractivity contribution in [1.82, 2.24) is 9.97 Å². The Labute approximate surface area is 42.5 Å². The first kappa shape index (κ1) is 6.01. The quantitative estimate of drug-likeness (QED) is 0.455. The average molecular weight is 98.1 g/mol. The van der Waals surface area contributed by atoms with Crippen LogP contribution in [0, 0.1) is 0 Å². The third-order valence-electron chi connectivity index (χ3n) is 0.431. The minimum absolute atomic E-state index is 0. The molecule has 7 heavy (non-hydrogen) atoms. The van der Waals surface area contributed by atoms with Crippen LogP contribution in [0.3, 0.4) is 0 Å². The first-order valence-corrected chi connectivity index (χ1v) is 1.61. The molecule has 38 valence electrons. The van der Waals surface area contributed by atoms with Gasteiger partial charge in [0.25, 0.3) is 6.33 Å². The third-order valence-corrected chi connectivity index (χ3v) is 0.431. The highest BCUT2D eigenvalue weighted by Crippen LogP contribution is 1.49. The van der Waals surface area contributed by atoms with Gasteiger partial charge in [0.15, 0.2) is 0 Å². The third kappa shape index (κ3) is 1.81. The highest BCUT2D eigenvalue weighted by molar-refractivity contribution is 4.39. The molecule has 0 radical (unpaired) electrons. The van der Waals surface area contributed by atoms with Gasteiger partial charge in [0, 0.05) is 0 Å². The zero-order valence-corrected chi connectivity index (χ0v) is 3.13. The molecule has 0 spiro atoms. The van der Waals surface area contributed by atoms with Gasteiger partial charge in [-0.15, -0.1) is 0 Å². The van der Waals surface area contributed by atoms with Crippen molar-refractivity contribution in [3.63, 3.8) is 0 Å². The monoisotopic (exact) mass is 98.1 g/mol. The summed E-state index contributed by atoms with van der Waals surface area (Å²) >= 11 is 0. The number of hydrogen-bond donors (Lipinski definition) is 0. The molecule has 1 aromatic heterocycles. The van der Waals surface area contributed by atoms with Crippen molar-refractivity contribution < 1.29 is 4.98 Å². The molecule has 3 heteroatoms. The fraction of sp³-hybridized carbons (Fsp3) is 0.250. The molecule has 0 aliphatic heterocycles. The van der Waals surface area contributed by atoms with E-state index in [-0.39, 0.29) is 7.43 Å². The number of H-pyrrole nitrogens is 1. The number of aromatic nitrogens is 3. The molecule has 3 nitrogen and oxygen atoms in total. The summed E-state index contributed by atoms with van der Waals surface area (Å²) in [6.45, 7) is 0. The van der Waals surface area contributed by atoms with Gasteiger partial charge in [0.05, 0.1) is 0 Å². The fourth-order valence-electron chi connectivity index (χ4n) is 0.225. The van der Waals surface area contributed by atoms with Crippen LogP contribution in [-0.2, 0) is 0 Å². The second-order valence-electron chi connectivity index (χ2n) is 0.838. The van der Waals surface area contributed by atoms with E-state index in [4.69, 9.17) is 0 Å². The predicted octanol–water partition coefficient (Wildman–Crippen LogP) is -0.0732. The highest BCUT2D eigenvalue weighted by Gasteiger charge is 1.70. The van der Waals surface area contributed by atoms with Crippen molar-refractivity contribution in [1.29, 1.82) is 0 Å². The summed E-state index contributed by atoms with van der Waals surface area (Å²) < 4.78 is 0. The van der Waals surface area contributed by atoms with E-state index in [1.54, 1.807) is 12.7 Å². The molecule has 0 atom stereocenters. The van der Waals surface area contributed by atoms with Crippen LogP contribution >= 0.6 is 0 Å². The molecule has 1 N–H and O–H groups in total. The van der Waals surface area contributed by atoms with Crippen LogP contribution in [0.1, 0.15) is 7.43 Å². The molecule has 0 saturated carbocycles. The van der Waals surface area contributed by atoms with Gasteiger partial charge < -0.3 is 0 Å². The molecule has 0 amide bonds. The van der Waals surface area contributed by atoms with Crippen LogP contribution in [0.15, 0.2) is 19.0 Å². The summed E-state index contributed by atoms with van der Waals surface area (Å²) in [4.78, 5) is 9.91. The summed E-state index contributed by atoms with van der Waals surface area (Å²) in [5.41, 5.74) is 0. The van der Waals surface area contributed by atoms with Gasteiger partial charge in [-0.05, 0) is 0 Å². The maximum absolute atomic E-state index is 3.62. The Morgan fingerprint density at radius 1 is 1.14 bits per heavy atom. The smallest absolute Gasteiger partial charge is 0.254 e. The number of nitrogens with one attached hydrogen (secondary N) is 1. The second-order valence-corrected chi connectivity index (χ2v) is 0.838. The first-order chi connectivity index (χ1) is 3.00. The van der Waals surface area contributed by atoms with Crippen LogP contribution < -0.4 is 4.98 Å². The van der Waals surface area contributed by atoms with E-state index in [1.165, 1.54) is 6.33 Å². The lowest BCUT2D eigenvalue weighted by Gasteiger charge is -1.60. The van der Waals surface area contributed by atoms with Crippen molar-refractivity contribution in [3.8, 4) is 0 Å².